The van der Waals surface area contributed by atoms with Gasteiger partial charge in [0.2, 0.25) is 0 Å². The molecule has 1 atom stereocenters. The van der Waals surface area contributed by atoms with Crippen LogP contribution >= 0.6 is 0 Å². The Hall–Kier alpha value is -2.56. The lowest BCUT2D eigenvalue weighted by Crippen LogP contribution is -2.32. The van der Waals surface area contributed by atoms with E-state index in [0.717, 1.165) is 17.7 Å². The van der Waals surface area contributed by atoms with E-state index in [0.29, 0.717) is 30.0 Å². The lowest BCUT2D eigenvalue weighted by molar-refractivity contribution is 0.0513. The third-order valence-electron chi connectivity index (χ3n) is 4.64. The standard InChI is InChI=1S/C21H28N2O3/c1-6-14(3)22-20(24)18-15(4)19(21(25)26-7-2)23(16(18)5)13-17-11-9-8-10-12-17/h8-12,14H,6-7,13H2,1-5H3,(H,22,24)/t14-/m1/s1. The number of esters is 1. The van der Waals surface area contributed by atoms with Gasteiger partial charge in [0.1, 0.15) is 5.69 Å². The third kappa shape index (κ3) is 4.15. The normalized spacial score (nSPS) is 11.9. The van der Waals surface area contributed by atoms with Crippen molar-refractivity contribution in [1.29, 1.82) is 0 Å². The van der Waals surface area contributed by atoms with E-state index in [9.17, 15) is 9.59 Å². The molecule has 140 valence electrons. The van der Waals surface area contributed by atoms with Crippen LogP contribution in [0.1, 0.15) is 64.9 Å². The molecule has 1 aromatic carbocycles. The second kappa shape index (κ2) is 8.70. The van der Waals surface area contributed by atoms with Crippen LogP contribution in [-0.2, 0) is 11.3 Å². The maximum absolute atomic E-state index is 12.8. The summed E-state index contributed by atoms with van der Waals surface area (Å²) in [6, 6.07) is 9.95. The highest BCUT2D eigenvalue weighted by molar-refractivity contribution is 6.01. The first-order valence-corrected chi connectivity index (χ1v) is 9.12. The van der Waals surface area contributed by atoms with Crippen LogP contribution in [0.4, 0.5) is 0 Å². The van der Waals surface area contributed by atoms with Gasteiger partial charge in [0.25, 0.3) is 5.91 Å². The summed E-state index contributed by atoms with van der Waals surface area (Å²) in [7, 11) is 0. The zero-order valence-electron chi connectivity index (χ0n) is 16.3. The minimum absolute atomic E-state index is 0.0739. The summed E-state index contributed by atoms with van der Waals surface area (Å²) in [5, 5.41) is 3.00. The topological polar surface area (TPSA) is 60.3 Å². The number of benzene rings is 1. The Morgan fingerprint density at radius 1 is 1.15 bits per heavy atom. The molecular weight excluding hydrogens is 328 g/mol. The number of aromatic nitrogens is 1. The molecule has 0 aliphatic carbocycles. The highest BCUT2D eigenvalue weighted by Gasteiger charge is 2.27. The predicted octanol–water partition coefficient (Wildman–Crippen LogP) is 3.86. The molecular formula is C21H28N2O3. The molecule has 1 aromatic heterocycles. The molecule has 0 aliphatic heterocycles. The van der Waals surface area contributed by atoms with Crippen LogP contribution in [0.3, 0.4) is 0 Å². The molecule has 5 nitrogen and oxygen atoms in total. The predicted molar refractivity (Wildman–Crippen MR) is 103 cm³/mol. The minimum Gasteiger partial charge on any atom is -0.461 e. The molecule has 1 N–H and O–H groups in total. The summed E-state index contributed by atoms with van der Waals surface area (Å²) >= 11 is 0. The third-order valence-corrected chi connectivity index (χ3v) is 4.64. The number of rotatable bonds is 7. The highest BCUT2D eigenvalue weighted by Crippen LogP contribution is 2.25. The van der Waals surface area contributed by atoms with Gasteiger partial charge in [-0.3, -0.25) is 4.79 Å². The minimum atomic E-state index is -0.397. The quantitative estimate of drug-likeness (QED) is 0.767. The van der Waals surface area contributed by atoms with Crippen molar-refractivity contribution in [2.45, 2.75) is 53.6 Å². The fraction of sp³-hybridized carbons (Fsp3) is 0.429. The van der Waals surface area contributed by atoms with Crippen LogP contribution in [0, 0.1) is 13.8 Å². The molecule has 0 aliphatic rings. The van der Waals surface area contributed by atoms with Crippen molar-refractivity contribution in [2.24, 2.45) is 0 Å². The molecule has 0 spiro atoms. The number of nitrogens with zero attached hydrogens (tertiary/aromatic N) is 1. The van der Waals surface area contributed by atoms with Gasteiger partial charge in [0.05, 0.1) is 12.2 Å². The van der Waals surface area contributed by atoms with Gasteiger partial charge in [-0.15, -0.1) is 0 Å². The van der Waals surface area contributed by atoms with Gasteiger partial charge in [-0.25, -0.2) is 4.79 Å². The first kappa shape index (κ1) is 19.8. The number of nitrogens with one attached hydrogen (secondary N) is 1. The van der Waals surface area contributed by atoms with Gasteiger partial charge in [-0.05, 0) is 45.2 Å². The van der Waals surface area contributed by atoms with E-state index in [1.54, 1.807) is 6.92 Å². The fourth-order valence-corrected chi connectivity index (χ4v) is 3.05. The first-order chi connectivity index (χ1) is 12.4. The summed E-state index contributed by atoms with van der Waals surface area (Å²) in [5.74, 6) is -0.543. The Balaban J connectivity index is 2.52. The van der Waals surface area contributed by atoms with Gasteiger partial charge in [-0.1, -0.05) is 37.3 Å². The molecule has 0 radical (unpaired) electrons. The van der Waals surface area contributed by atoms with Crippen molar-refractivity contribution < 1.29 is 14.3 Å². The van der Waals surface area contributed by atoms with Crippen LogP contribution in [0.2, 0.25) is 0 Å². The van der Waals surface area contributed by atoms with Crippen molar-refractivity contribution in [3.8, 4) is 0 Å². The van der Waals surface area contributed by atoms with Crippen LogP contribution in [0.25, 0.3) is 0 Å². The lowest BCUT2D eigenvalue weighted by atomic mass is 10.1. The van der Waals surface area contributed by atoms with Crippen LogP contribution in [-0.4, -0.2) is 29.1 Å². The molecule has 0 saturated carbocycles. The van der Waals surface area contributed by atoms with E-state index in [-0.39, 0.29) is 11.9 Å². The molecule has 26 heavy (non-hydrogen) atoms. The SMILES string of the molecule is CCOC(=O)c1c(C)c(C(=O)N[C@H](C)CC)c(C)n1Cc1ccccc1. The number of ether oxygens (including phenoxy) is 1. The maximum atomic E-state index is 12.8. The second-order valence-electron chi connectivity index (χ2n) is 6.51. The molecule has 2 aromatic rings. The molecule has 0 fully saturated rings. The Bertz CT molecular complexity index is 778. The zero-order chi connectivity index (χ0) is 19.3. The first-order valence-electron chi connectivity index (χ1n) is 9.12. The summed E-state index contributed by atoms with van der Waals surface area (Å²) in [4.78, 5) is 25.3. The van der Waals surface area contributed by atoms with E-state index < -0.39 is 5.97 Å². The second-order valence-corrected chi connectivity index (χ2v) is 6.51. The van der Waals surface area contributed by atoms with Crippen LogP contribution in [0.5, 0.6) is 0 Å². The Morgan fingerprint density at radius 3 is 2.38 bits per heavy atom. The Morgan fingerprint density at radius 2 is 1.81 bits per heavy atom. The van der Waals surface area contributed by atoms with Crippen LogP contribution < -0.4 is 5.32 Å². The number of carbonyl (C=O) groups excluding carboxylic acids is 2. The Labute approximate surface area is 155 Å². The van der Waals surface area contributed by atoms with Gasteiger partial charge in [0, 0.05) is 18.3 Å². The molecule has 0 saturated heterocycles. The van der Waals surface area contributed by atoms with Gasteiger partial charge < -0.3 is 14.6 Å². The monoisotopic (exact) mass is 356 g/mol. The summed E-state index contributed by atoms with van der Waals surface area (Å²) in [5.41, 5.74) is 3.50. The number of hydrogen-bond donors (Lipinski definition) is 1. The smallest absolute Gasteiger partial charge is 0.355 e. The van der Waals surface area contributed by atoms with Gasteiger partial charge >= 0.3 is 5.97 Å². The van der Waals surface area contributed by atoms with E-state index >= 15 is 0 Å². The van der Waals surface area contributed by atoms with Crippen LogP contribution in [0.15, 0.2) is 30.3 Å². The van der Waals surface area contributed by atoms with Crippen molar-refractivity contribution in [1.82, 2.24) is 9.88 Å². The van der Waals surface area contributed by atoms with Gasteiger partial charge in [-0.2, -0.15) is 0 Å². The number of amides is 1. The van der Waals surface area contributed by atoms with Gasteiger partial charge in [0.15, 0.2) is 0 Å². The van der Waals surface area contributed by atoms with Crippen molar-refractivity contribution in [3.05, 3.63) is 58.4 Å². The summed E-state index contributed by atoms with van der Waals surface area (Å²) in [6.45, 7) is 10.3. The summed E-state index contributed by atoms with van der Waals surface area (Å²) < 4.78 is 7.13. The lowest BCUT2D eigenvalue weighted by Gasteiger charge is -2.13. The fourth-order valence-electron chi connectivity index (χ4n) is 3.05. The highest BCUT2D eigenvalue weighted by atomic mass is 16.5. The van der Waals surface area contributed by atoms with E-state index in [4.69, 9.17) is 4.74 Å². The van der Waals surface area contributed by atoms with E-state index in [2.05, 4.69) is 5.32 Å². The average molecular weight is 356 g/mol. The number of hydrogen-bond acceptors (Lipinski definition) is 3. The van der Waals surface area contributed by atoms with E-state index in [1.165, 1.54) is 0 Å². The molecule has 0 bridgehead atoms. The average Bonchev–Trinajstić information content (AvgIpc) is 2.86. The maximum Gasteiger partial charge on any atom is 0.355 e. The largest absolute Gasteiger partial charge is 0.461 e. The molecule has 2 rings (SSSR count). The molecule has 5 heteroatoms. The Kier molecular flexibility index (Phi) is 6.61. The summed E-state index contributed by atoms with van der Waals surface area (Å²) in [6.07, 6.45) is 0.847. The molecule has 1 heterocycles. The number of carbonyl (C=O) groups is 2. The van der Waals surface area contributed by atoms with E-state index in [1.807, 2.05) is 62.6 Å². The zero-order valence-corrected chi connectivity index (χ0v) is 16.3. The van der Waals surface area contributed by atoms with Crippen molar-refractivity contribution >= 4 is 11.9 Å². The molecule has 0 unspecified atom stereocenters. The van der Waals surface area contributed by atoms with Crippen molar-refractivity contribution in [2.75, 3.05) is 6.61 Å². The van der Waals surface area contributed by atoms with Crippen molar-refractivity contribution in [3.63, 3.8) is 0 Å². The molecule has 1 amide bonds.